The Kier molecular flexibility index (Phi) is 8.39. The summed E-state index contributed by atoms with van der Waals surface area (Å²) in [5.41, 5.74) is 0.0252. The largest absolute Gasteiger partial charge is 0.480 e. The van der Waals surface area contributed by atoms with E-state index in [4.69, 9.17) is 0 Å². The Morgan fingerprint density at radius 2 is 1.57 bits per heavy atom. The molecule has 0 radical (unpaired) electrons. The van der Waals surface area contributed by atoms with E-state index in [0.717, 1.165) is 44.9 Å². The van der Waals surface area contributed by atoms with Crippen LogP contribution in [0.4, 0.5) is 0 Å². The second-order valence-corrected chi connectivity index (χ2v) is 13.8. The van der Waals surface area contributed by atoms with Gasteiger partial charge in [-0.1, -0.05) is 41.0 Å². The molecule has 4 rings (SSSR count). The number of carboxylic acids is 1. The number of aliphatic carboxylic acids is 1. The molecular weight excluding hydrogens is 470 g/mol. The number of carbonyl (C=O) groups is 2. The third-order valence-corrected chi connectivity index (χ3v) is 12.1. The van der Waals surface area contributed by atoms with E-state index in [-0.39, 0.29) is 40.6 Å². The summed E-state index contributed by atoms with van der Waals surface area (Å²) >= 11 is 0. The van der Waals surface area contributed by atoms with Gasteiger partial charge in [-0.15, -0.1) is 0 Å². The summed E-state index contributed by atoms with van der Waals surface area (Å²) in [6.07, 6.45) is 6.38. The van der Waals surface area contributed by atoms with Gasteiger partial charge in [0.2, 0.25) is 5.91 Å². The first-order valence-electron chi connectivity index (χ1n) is 14.9. The van der Waals surface area contributed by atoms with Gasteiger partial charge in [0.1, 0.15) is 6.04 Å². The maximum atomic E-state index is 12.7. The van der Waals surface area contributed by atoms with E-state index in [1.807, 2.05) is 13.8 Å². The van der Waals surface area contributed by atoms with Crippen LogP contribution in [-0.2, 0) is 9.59 Å². The number of rotatable bonds is 8. The number of fused-ring (bicyclic) bond motifs is 5. The fourth-order valence-electron chi connectivity index (χ4n) is 9.70. The van der Waals surface area contributed by atoms with Crippen LogP contribution in [0.1, 0.15) is 98.8 Å². The molecule has 0 spiro atoms. The Labute approximate surface area is 222 Å². The SMILES string of the molecule is CCC(C)C(NC(=O)CCC(C)C1CCC2C3C(O)C(O)C4CC(O)CCC4(C)C3CCC12C)C(=O)O. The average molecular weight is 522 g/mol. The Balaban J connectivity index is 1.43. The lowest BCUT2D eigenvalue weighted by molar-refractivity contribution is -0.223. The minimum absolute atomic E-state index is 0.0397. The molecule has 0 bridgehead atoms. The molecule has 0 aromatic rings. The van der Waals surface area contributed by atoms with Crippen LogP contribution in [0.3, 0.4) is 0 Å². The monoisotopic (exact) mass is 521 g/mol. The molecule has 4 aliphatic rings. The zero-order chi connectivity index (χ0) is 27.3. The van der Waals surface area contributed by atoms with Crippen LogP contribution < -0.4 is 5.32 Å². The molecule has 4 aliphatic carbocycles. The average Bonchev–Trinajstić information content (AvgIpc) is 3.21. The van der Waals surface area contributed by atoms with E-state index < -0.39 is 24.2 Å². The molecule has 4 fully saturated rings. The quantitative estimate of drug-likeness (QED) is 0.329. The normalized spacial score (nSPS) is 45.6. The van der Waals surface area contributed by atoms with E-state index in [1.165, 1.54) is 0 Å². The molecule has 0 aromatic heterocycles. The molecule has 0 aliphatic heterocycles. The van der Waals surface area contributed by atoms with E-state index >= 15 is 0 Å². The van der Waals surface area contributed by atoms with E-state index in [1.54, 1.807) is 0 Å². The van der Waals surface area contributed by atoms with Crippen molar-refractivity contribution in [1.29, 1.82) is 0 Å². The van der Waals surface area contributed by atoms with E-state index in [9.17, 15) is 30.0 Å². The van der Waals surface area contributed by atoms with Gasteiger partial charge in [-0.3, -0.25) is 4.79 Å². The maximum absolute atomic E-state index is 12.7. The summed E-state index contributed by atoms with van der Waals surface area (Å²) in [4.78, 5) is 24.3. The van der Waals surface area contributed by atoms with Gasteiger partial charge >= 0.3 is 5.97 Å². The number of aliphatic hydroxyl groups is 3. The molecule has 4 saturated carbocycles. The molecule has 0 aromatic carbocycles. The van der Waals surface area contributed by atoms with Crippen LogP contribution in [0.25, 0.3) is 0 Å². The van der Waals surface area contributed by atoms with Gasteiger partial charge in [-0.25, -0.2) is 4.79 Å². The molecule has 7 heteroatoms. The van der Waals surface area contributed by atoms with Crippen LogP contribution in [0.15, 0.2) is 0 Å². The van der Waals surface area contributed by atoms with Gasteiger partial charge in [-0.2, -0.15) is 0 Å². The van der Waals surface area contributed by atoms with Gasteiger partial charge < -0.3 is 25.7 Å². The molecule has 0 heterocycles. The second kappa shape index (κ2) is 10.8. The van der Waals surface area contributed by atoms with E-state index in [0.29, 0.717) is 42.9 Å². The lowest BCUT2D eigenvalue weighted by atomic mass is 9.43. The second-order valence-electron chi connectivity index (χ2n) is 13.8. The topological polar surface area (TPSA) is 127 Å². The predicted molar refractivity (Wildman–Crippen MR) is 141 cm³/mol. The van der Waals surface area contributed by atoms with Crippen LogP contribution in [-0.4, -0.2) is 56.7 Å². The summed E-state index contributed by atoms with van der Waals surface area (Å²) in [7, 11) is 0. The number of hydrogen-bond donors (Lipinski definition) is 5. The van der Waals surface area contributed by atoms with Gasteiger partial charge in [0.15, 0.2) is 0 Å². The Bertz CT molecular complexity index is 850. The first-order valence-corrected chi connectivity index (χ1v) is 14.9. The third kappa shape index (κ3) is 4.98. The van der Waals surface area contributed by atoms with E-state index in [2.05, 4.69) is 26.1 Å². The number of nitrogens with one attached hydrogen (secondary N) is 1. The van der Waals surface area contributed by atoms with Crippen LogP contribution >= 0.6 is 0 Å². The van der Waals surface area contributed by atoms with Crippen molar-refractivity contribution in [1.82, 2.24) is 5.32 Å². The summed E-state index contributed by atoms with van der Waals surface area (Å²) in [5.74, 6) is 0.243. The van der Waals surface area contributed by atoms with Crippen molar-refractivity contribution in [2.75, 3.05) is 0 Å². The summed E-state index contributed by atoms with van der Waals surface area (Å²) in [5, 5.41) is 45.2. The van der Waals surface area contributed by atoms with Gasteiger partial charge in [-0.05, 0) is 104 Å². The number of amides is 1. The van der Waals surface area contributed by atoms with Gasteiger partial charge in [0.05, 0.1) is 18.3 Å². The molecule has 212 valence electrons. The molecule has 7 nitrogen and oxygen atoms in total. The highest BCUT2D eigenvalue weighted by molar-refractivity contribution is 5.83. The predicted octanol–water partition coefficient (Wildman–Crippen LogP) is 3.98. The van der Waals surface area contributed by atoms with Crippen molar-refractivity contribution in [2.45, 2.75) is 123 Å². The molecular formula is C30H51NO6. The number of carboxylic acid groups (broad SMARTS) is 1. The highest BCUT2D eigenvalue weighted by Crippen LogP contribution is 2.68. The number of carbonyl (C=O) groups excluding carboxylic acids is 1. The van der Waals surface area contributed by atoms with Crippen molar-refractivity contribution in [2.24, 2.45) is 52.3 Å². The van der Waals surface area contributed by atoms with Gasteiger partial charge in [0.25, 0.3) is 0 Å². The van der Waals surface area contributed by atoms with Gasteiger partial charge in [0, 0.05) is 6.42 Å². The summed E-state index contributed by atoms with van der Waals surface area (Å²) in [6.45, 7) is 10.7. The standard InChI is InChI=1S/C30H51NO6/c1-6-16(2)25(28(36)37)31-23(33)10-7-17(3)19-8-9-20-24-21(12-14-29(19,20)4)30(5)13-11-18(32)15-22(30)26(34)27(24)35/h16-22,24-27,32,34-35H,6-15H2,1-5H3,(H,31,33)(H,36,37). The fraction of sp³-hybridized carbons (Fsp3) is 0.933. The first-order chi connectivity index (χ1) is 17.3. The van der Waals surface area contributed by atoms with Crippen LogP contribution in [0, 0.1) is 52.3 Å². The summed E-state index contributed by atoms with van der Waals surface area (Å²) < 4.78 is 0. The smallest absolute Gasteiger partial charge is 0.326 e. The molecule has 37 heavy (non-hydrogen) atoms. The lowest BCUT2D eigenvalue weighted by Gasteiger charge is -2.63. The Hall–Kier alpha value is -1.18. The Morgan fingerprint density at radius 1 is 0.919 bits per heavy atom. The van der Waals surface area contributed by atoms with Crippen molar-refractivity contribution in [3.8, 4) is 0 Å². The van der Waals surface area contributed by atoms with Crippen molar-refractivity contribution < 1.29 is 30.0 Å². The lowest BCUT2D eigenvalue weighted by Crippen LogP contribution is -2.64. The summed E-state index contributed by atoms with van der Waals surface area (Å²) in [6, 6.07) is -0.846. The molecule has 0 saturated heterocycles. The van der Waals surface area contributed by atoms with Crippen LogP contribution in [0.2, 0.25) is 0 Å². The zero-order valence-corrected chi connectivity index (χ0v) is 23.5. The first kappa shape index (κ1) is 28.8. The highest BCUT2D eigenvalue weighted by Gasteiger charge is 2.65. The molecule has 5 N–H and O–H groups in total. The molecule has 13 unspecified atom stereocenters. The highest BCUT2D eigenvalue weighted by atomic mass is 16.4. The number of hydrogen-bond acceptors (Lipinski definition) is 5. The molecule has 1 amide bonds. The minimum atomic E-state index is -0.977. The van der Waals surface area contributed by atoms with Crippen molar-refractivity contribution >= 4 is 11.9 Å². The maximum Gasteiger partial charge on any atom is 0.326 e. The minimum Gasteiger partial charge on any atom is -0.480 e. The number of aliphatic hydroxyl groups excluding tert-OH is 3. The molecule has 13 atom stereocenters. The van der Waals surface area contributed by atoms with Crippen LogP contribution in [0.5, 0.6) is 0 Å². The Morgan fingerprint density at radius 3 is 2.22 bits per heavy atom. The zero-order valence-electron chi connectivity index (χ0n) is 23.5. The van der Waals surface area contributed by atoms with Crippen molar-refractivity contribution in [3.63, 3.8) is 0 Å². The fourth-order valence-corrected chi connectivity index (χ4v) is 9.70. The third-order valence-electron chi connectivity index (χ3n) is 12.1. The van der Waals surface area contributed by atoms with Crippen molar-refractivity contribution in [3.05, 3.63) is 0 Å².